The van der Waals surface area contributed by atoms with E-state index in [0.717, 1.165) is 12.2 Å². The van der Waals surface area contributed by atoms with Gasteiger partial charge in [-0.15, -0.1) is 0 Å². The van der Waals surface area contributed by atoms with Gasteiger partial charge < -0.3 is 18.0 Å². The molecule has 0 bridgehead atoms. The number of esters is 1. The van der Waals surface area contributed by atoms with Crippen molar-refractivity contribution in [3.63, 3.8) is 0 Å². The molecular formula is C13H22O6Si. The van der Waals surface area contributed by atoms with E-state index in [9.17, 15) is 9.59 Å². The second-order valence-corrected chi connectivity index (χ2v) is 7.14. The molecule has 0 unspecified atom stereocenters. The average molecular weight is 302 g/mol. The lowest BCUT2D eigenvalue weighted by Crippen LogP contribution is -2.42. The van der Waals surface area contributed by atoms with Crippen LogP contribution in [-0.2, 0) is 27.6 Å². The molecule has 0 amide bonds. The normalized spacial score (nSPS) is 11.6. The number of allylic oxidation sites excluding steroid dienone is 2. The van der Waals surface area contributed by atoms with Gasteiger partial charge in [0.25, 0.3) is 0 Å². The summed E-state index contributed by atoms with van der Waals surface area (Å²) in [5, 5.41) is 0. The highest BCUT2D eigenvalue weighted by atomic mass is 28.4. The fraction of sp³-hybridized carbons (Fsp3) is 0.538. The molecule has 7 heteroatoms. The maximum Gasteiger partial charge on any atom is 0.500 e. The van der Waals surface area contributed by atoms with Gasteiger partial charge in [-0.2, -0.15) is 0 Å². The van der Waals surface area contributed by atoms with E-state index in [4.69, 9.17) is 18.0 Å². The molecule has 0 aromatic carbocycles. The molecule has 0 aliphatic rings. The molecule has 114 valence electrons. The van der Waals surface area contributed by atoms with Crippen LogP contribution in [-0.4, -0.2) is 48.5 Å². The quantitative estimate of drug-likeness (QED) is 0.263. The Morgan fingerprint density at radius 3 is 2.10 bits per heavy atom. The molecular weight excluding hydrogens is 280 g/mol. The molecule has 0 aromatic rings. The van der Waals surface area contributed by atoms with Gasteiger partial charge in [0.15, 0.2) is 5.78 Å². The van der Waals surface area contributed by atoms with Crippen LogP contribution in [0.5, 0.6) is 0 Å². The van der Waals surface area contributed by atoms with Crippen LogP contribution >= 0.6 is 0 Å². The van der Waals surface area contributed by atoms with Crippen molar-refractivity contribution in [1.82, 2.24) is 0 Å². The molecule has 0 atom stereocenters. The summed E-state index contributed by atoms with van der Waals surface area (Å²) in [7, 11) is 1.96. The summed E-state index contributed by atoms with van der Waals surface area (Å²) in [6.45, 7) is 5.25. The molecule has 0 radical (unpaired) electrons. The van der Waals surface area contributed by atoms with Crippen molar-refractivity contribution in [3.05, 3.63) is 24.3 Å². The third-order valence-electron chi connectivity index (χ3n) is 2.60. The molecule has 6 nitrogen and oxygen atoms in total. The number of carbonyl (C=O) groups excluding carboxylic acids is 2. The summed E-state index contributed by atoms with van der Waals surface area (Å²) in [5.74, 6) is -0.870. The van der Waals surface area contributed by atoms with E-state index < -0.39 is 14.8 Å². The Hall–Kier alpha value is -1.28. The first kappa shape index (κ1) is 18.7. The summed E-state index contributed by atoms with van der Waals surface area (Å²) in [5.41, 5.74) is 0.366. The second kappa shape index (κ2) is 9.59. The fourth-order valence-electron chi connectivity index (χ4n) is 1.35. The molecule has 0 fully saturated rings. The summed E-state index contributed by atoms with van der Waals surface area (Å²) >= 11 is 0. The molecule has 0 N–H and O–H groups in total. The van der Waals surface area contributed by atoms with E-state index in [2.05, 4.69) is 6.58 Å². The number of carbonyl (C=O) groups is 2. The van der Waals surface area contributed by atoms with Gasteiger partial charge in [-0.1, -0.05) is 6.58 Å². The molecule has 0 aromatic heterocycles. The molecule has 0 aliphatic heterocycles. The molecule has 20 heavy (non-hydrogen) atoms. The molecule has 0 spiro atoms. The van der Waals surface area contributed by atoms with Crippen molar-refractivity contribution in [1.29, 1.82) is 0 Å². The lowest BCUT2D eigenvalue weighted by molar-refractivity contribution is -0.138. The zero-order chi connectivity index (χ0) is 15.6. The van der Waals surface area contributed by atoms with Crippen molar-refractivity contribution in [2.24, 2.45) is 0 Å². The van der Waals surface area contributed by atoms with Gasteiger partial charge >= 0.3 is 14.8 Å². The highest BCUT2D eigenvalue weighted by Gasteiger charge is 2.36. The smallest absolute Gasteiger partial charge is 0.463 e. The minimum absolute atomic E-state index is 0.204. The summed E-state index contributed by atoms with van der Waals surface area (Å²) in [6.07, 6.45) is 2.78. The van der Waals surface area contributed by atoms with Gasteiger partial charge in [0.2, 0.25) is 0 Å². The Morgan fingerprint density at radius 1 is 1.10 bits per heavy atom. The van der Waals surface area contributed by atoms with Crippen LogP contribution in [0, 0.1) is 0 Å². The van der Waals surface area contributed by atoms with Gasteiger partial charge in [0.1, 0.15) is 0 Å². The van der Waals surface area contributed by atoms with Gasteiger partial charge in [0, 0.05) is 33.4 Å². The largest absolute Gasteiger partial charge is 0.500 e. The highest BCUT2D eigenvalue weighted by molar-refractivity contribution is 6.60. The first-order valence-corrected chi connectivity index (χ1v) is 8.04. The monoisotopic (exact) mass is 302 g/mol. The molecule has 0 saturated carbocycles. The Balaban J connectivity index is 4.04. The maximum atomic E-state index is 11.3. The zero-order valence-corrected chi connectivity index (χ0v) is 13.4. The van der Waals surface area contributed by atoms with Gasteiger partial charge in [0.05, 0.1) is 6.61 Å². The maximum absolute atomic E-state index is 11.3. The van der Waals surface area contributed by atoms with Crippen molar-refractivity contribution in [2.75, 3.05) is 27.9 Å². The second-order valence-electron chi connectivity index (χ2n) is 4.04. The van der Waals surface area contributed by atoms with Crippen molar-refractivity contribution < 1.29 is 27.6 Å². The first-order valence-electron chi connectivity index (χ1n) is 6.11. The van der Waals surface area contributed by atoms with Crippen LogP contribution in [0.4, 0.5) is 0 Å². The Morgan fingerprint density at radius 2 is 1.65 bits per heavy atom. The first-order chi connectivity index (χ1) is 9.40. The number of hydrogen-bond donors (Lipinski definition) is 0. The number of rotatable bonds is 10. The molecule has 0 rings (SSSR count). The predicted octanol–water partition coefficient (Wildman–Crippen LogP) is 1.50. The summed E-state index contributed by atoms with van der Waals surface area (Å²) in [4.78, 5) is 22.5. The third-order valence-corrected chi connectivity index (χ3v) is 5.43. The van der Waals surface area contributed by atoms with Crippen molar-refractivity contribution in [2.45, 2.75) is 19.4 Å². The van der Waals surface area contributed by atoms with Gasteiger partial charge in [-0.25, -0.2) is 4.79 Å². The Kier molecular flexibility index (Phi) is 8.98. The number of ether oxygens (including phenoxy) is 1. The van der Waals surface area contributed by atoms with E-state index in [1.807, 2.05) is 0 Å². The summed E-state index contributed by atoms with van der Waals surface area (Å²) < 4.78 is 20.7. The molecule has 0 aliphatic carbocycles. The number of hydrogen-bond acceptors (Lipinski definition) is 6. The van der Waals surface area contributed by atoms with Gasteiger partial charge in [-0.3, -0.25) is 4.79 Å². The highest BCUT2D eigenvalue weighted by Crippen LogP contribution is 2.14. The predicted molar refractivity (Wildman–Crippen MR) is 76.1 cm³/mol. The standard InChI is InChI=1S/C13H22O6Si/c1-11(2)12(14)7-8-13(15)19-9-6-10-20(16-3,17-4)18-5/h7-8H,1,6,9-10H2,2-5H3. The minimum Gasteiger partial charge on any atom is -0.463 e. The van der Waals surface area contributed by atoms with E-state index in [-0.39, 0.29) is 12.4 Å². The van der Waals surface area contributed by atoms with Crippen LogP contribution in [0.15, 0.2) is 24.3 Å². The van der Waals surface area contributed by atoms with Crippen LogP contribution in [0.1, 0.15) is 13.3 Å². The molecule has 0 heterocycles. The Bertz CT molecular complexity index is 365. The van der Waals surface area contributed by atoms with E-state index in [1.165, 1.54) is 21.3 Å². The number of ketones is 1. The Labute approximate surface area is 120 Å². The van der Waals surface area contributed by atoms with Crippen LogP contribution < -0.4 is 0 Å². The van der Waals surface area contributed by atoms with Crippen molar-refractivity contribution >= 4 is 20.6 Å². The topological polar surface area (TPSA) is 71.1 Å². The van der Waals surface area contributed by atoms with Crippen molar-refractivity contribution in [3.8, 4) is 0 Å². The SMILES string of the molecule is C=C(C)C(=O)C=CC(=O)OCCC[Si](OC)(OC)OC. The van der Waals surface area contributed by atoms with Gasteiger partial charge in [-0.05, 0) is 25.0 Å². The molecule has 0 saturated heterocycles. The lowest BCUT2D eigenvalue weighted by Gasteiger charge is -2.23. The summed E-state index contributed by atoms with van der Waals surface area (Å²) in [6, 6.07) is 0.540. The lowest BCUT2D eigenvalue weighted by atomic mass is 10.2. The van der Waals surface area contributed by atoms with E-state index in [0.29, 0.717) is 18.0 Å². The van der Waals surface area contributed by atoms with Crippen LogP contribution in [0.2, 0.25) is 6.04 Å². The van der Waals surface area contributed by atoms with E-state index in [1.54, 1.807) is 6.92 Å². The zero-order valence-electron chi connectivity index (χ0n) is 12.4. The fourth-order valence-corrected chi connectivity index (χ4v) is 3.04. The van der Waals surface area contributed by atoms with Crippen LogP contribution in [0.25, 0.3) is 0 Å². The average Bonchev–Trinajstić information content (AvgIpc) is 2.45. The minimum atomic E-state index is -2.62. The van der Waals surface area contributed by atoms with E-state index >= 15 is 0 Å². The van der Waals surface area contributed by atoms with Crippen LogP contribution in [0.3, 0.4) is 0 Å². The third kappa shape index (κ3) is 6.76.